The van der Waals surface area contributed by atoms with Crippen LogP contribution in [0.15, 0.2) is 6.20 Å². The molecular weight excluding hydrogens is 310 g/mol. The molecule has 0 spiro atoms. The Balaban J connectivity index is 1.71. The molecule has 7 heteroatoms. The minimum atomic E-state index is -1.78. The van der Waals surface area contributed by atoms with E-state index < -0.39 is 23.3 Å². The zero-order chi connectivity index (χ0) is 16.6. The summed E-state index contributed by atoms with van der Waals surface area (Å²) < 4.78 is 54.3. The van der Waals surface area contributed by atoms with Gasteiger partial charge >= 0.3 is 0 Å². The van der Waals surface area contributed by atoms with Crippen LogP contribution < -0.4 is 0 Å². The number of benzene rings is 1. The minimum Gasteiger partial charge on any atom is -0.358 e. The third-order valence-electron chi connectivity index (χ3n) is 4.50. The zero-order valence-corrected chi connectivity index (χ0v) is 12.9. The molecule has 2 heterocycles. The number of H-pyrrole nitrogens is 1. The van der Waals surface area contributed by atoms with Crippen molar-refractivity contribution in [3.8, 4) is 0 Å². The van der Waals surface area contributed by atoms with E-state index in [2.05, 4.69) is 21.8 Å². The predicted octanol–water partition coefficient (Wildman–Crippen LogP) is 2.90. The van der Waals surface area contributed by atoms with E-state index in [0.717, 1.165) is 39.1 Å². The first kappa shape index (κ1) is 16.3. The highest BCUT2D eigenvalue weighted by molar-refractivity contribution is 5.84. The van der Waals surface area contributed by atoms with Gasteiger partial charge in [0.05, 0.1) is 5.52 Å². The van der Waals surface area contributed by atoms with Crippen molar-refractivity contribution in [2.75, 3.05) is 39.8 Å². The van der Waals surface area contributed by atoms with Crippen LogP contribution in [0.5, 0.6) is 0 Å². The lowest BCUT2D eigenvalue weighted by Gasteiger charge is -2.32. The molecule has 0 radical (unpaired) electrons. The minimum absolute atomic E-state index is 0.181. The molecule has 3 nitrogen and oxygen atoms in total. The van der Waals surface area contributed by atoms with Crippen LogP contribution in [0, 0.1) is 23.3 Å². The van der Waals surface area contributed by atoms with E-state index in [1.165, 1.54) is 6.20 Å². The average Bonchev–Trinajstić information content (AvgIpc) is 2.97. The molecule has 0 amide bonds. The molecule has 0 aliphatic carbocycles. The van der Waals surface area contributed by atoms with Gasteiger partial charge in [0, 0.05) is 37.8 Å². The van der Waals surface area contributed by atoms with Crippen LogP contribution >= 0.6 is 0 Å². The average molecular weight is 329 g/mol. The monoisotopic (exact) mass is 329 g/mol. The van der Waals surface area contributed by atoms with E-state index in [1.54, 1.807) is 0 Å². The maximum atomic E-state index is 13.9. The second-order valence-electron chi connectivity index (χ2n) is 6.07. The SMILES string of the molecule is CN1CCN(CCCc2c[nH]c3c(F)c(F)c(F)c(F)c23)CC1. The molecular formula is C16H19F4N3. The summed E-state index contributed by atoms with van der Waals surface area (Å²) in [6.07, 6.45) is 2.66. The molecule has 1 aliphatic rings. The molecule has 0 bridgehead atoms. The van der Waals surface area contributed by atoms with Crippen molar-refractivity contribution in [2.45, 2.75) is 12.8 Å². The third-order valence-corrected chi connectivity index (χ3v) is 4.50. The summed E-state index contributed by atoms with van der Waals surface area (Å²) in [4.78, 5) is 7.08. The van der Waals surface area contributed by atoms with Crippen LogP contribution in [0.3, 0.4) is 0 Å². The molecule has 1 saturated heterocycles. The first-order chi connectivity index (χ1) is 11.0. The van der Waals surface area contributed by atoms with E-state index in [4.69, 9.17) is 0 Å². The number of nitrogens with zero attached hydrogens (tertiary/aromatic N) is 2. The molecule has 1 aromatic carbocycles. The molecule has 1 aromatic heterocycles. The second kappa shape index (κ2) is 6.49. The Morgan fingerprint density at radius 3 is 2.30 bits per heavy atom. The van der Waals surface area contributed by atoms with E-state index in [0.29, 0.717) is 12.0 Å². The number of fused-ring (bicyclic) bond motifs is 1. The molecule has 0 atom stereocenters. The Hall–Kier alpha value is -1.60. The fraction of sp³-hybridized carbons (Fsp3) is 0.500. The summed E-state index contributed by atoms with van der Waals surface area (Å²) in [5.41, 5.74) is 0.167. The van der Waals surface area contributed by atoms with Gasteiger partial charge in [-0.2, -0.15) is 0 Å². The van der Waals surface area contributed by atoms with E-state index >= 15 is 0 Å². The lowest BCUT2D eigenvalue weighted by molar-refractivity contribution is 0.153. The molecule has 2 aromatic rings. The number of hydrogen-bond acceptors (Lipinski definition) is 2. The van der Waals surface area contributed by atoms with Gasteiger partial charge < -0.3 is 14.8 Å². The van der Waals surface area contributed by atoms with Gasteiger partial charge in [0.25, 0.3) is 0 Å². The van der Waals surface area contributed by atoms with Crippen molar-refractivity contribution in [2.24, 2.45) is 0 Å². The Bertz CT molecular complexity index is 705. The van der Waals surface area contributed by atoms with Crippen molar-refractivity contribution < 1.29 is 17.6 Å². The van der Waals surface area contributed by atoms with Crippen molar-refractivity contribution in [3.05, 3.63) is 35.0 Å². The van der Waals surface area contributed by atoms with Crippen LogP contribution in [-0.2, 0) is 6.42 Å². The zero-order valence-electron chi connectivity index (χ0n) is 12.9. The molecule has 1 aliphatic heterocycles. The van der Waals surface area contributed by atoms with Crippen LogP contribution in [-0.4, -0.2) is 54.6 Å². The van der Waals surface area contributed by atoms with Gasteiger partial charge in [-0.3, -0.25) is 0 Å². The highest BCUT2D eigenvalue weighted by Crippen LogP contribution is 2.29. The summed E-state index contributed by atoms with van der Waals surface area (Å²) in [6.45, 7) is 4.82. The predicted molar refractivity (Wildman–Crippen MR) is 80.4 cm³/mol. The highest BCUT2D eigenvalue weighted by atomic mass is 19.2. The summed E-state index contributed by atoms with van der Waals surface area (Å²) in [5.74, 6) is -6.23. The fourth-order valence-corrected chi connectivity index (χ4v) is 3.06. The maximum absolute atomic E-state index is 13.9. The topological polar surface area (TPSA) is 22.3 Å². The van der Waals surface area contributed by atoms with Gasteiger partial charge in [-0.05, 0) is 32.0 Å². The van der Waals surface area contributed by atoms with Crippen molar-refractivity contribution in [3.63, 3.8) is 0 Å². The number of halogens is 4. The Morgan fingerprint density at radius 2 is 1.61 bits per heavy atom. The quantitative estimate of drug-likeness (QED) is 0.529. The van der Waals surface area contributed by atoms with E-state index in [-0.39, 0.29) is 10.9 Å². The normalized spacial score (nSPS) is 17.3. The lowest BCUT2D eigenvalue weighted by atomic mass is 10.1. The molecule has 0 saturated carbocycles. The van der Waals surface area contributed by atoms with Crippen LogP contribution in [0.25, 0.3) is 10.9 Å². The van der Waals surface area contributed by atoms with Gasteiger partial charge in [0.15, 0.2) is 23.3 Å². The molecule has 23 heavy (non-hydrogen) atoms. The van der Waals surface area contributed by atoms with Gasteiger partial charge in [-0.15, -0.1) is 0 Å². The van der Waals surface area contributed by atoms with Gasteiger partial charge in [0.2, 0.25) is 0 Å². The largest absolute Gasteiger partial charge is 0.358 e. The third kappa shape index (κ3) is 3.07. The lowest BCUT2D eigenvalue weighted by Crippen LogP contribution is -2.44. The number of aryl methyl sites for hydroxylation is 1. The Labute approximate surface area is 131 Å². The number of aromatic nitrogens is 1. The summed E-state index contributed by atoms with van der Waals surface area (Å²) >= 11 is 0. The number of piperazine rings is 1. The molecule has 1 N–H and O–H groups in total. The van der Waals surface area contributed by atoms with Gasteiger partial charge in [0.1, 0.15) is 0 Å². The van der Waals surface area contributed by atoms with Gasteiger partial charge in [-0.25, -0.2) is 17.6 Å². The summed E-state index contributed by atoms with van der Waals surface area (Å²) in [6, 6.07) is 0. The van der Waals surface area contributed by atoms with Crippen LogP contribution in [0.4, 0.5) is 17.6 Å². The summed E-state index contributed by atoms with van der Waals surface area (Å²) in [7, 11) is 2.08. The number of likely N-dealkylation sites (N-methyl/N-ethyl adjacent to an activating group) is 1. The summed E-state index contributed by atoms with van der Waals surface area (Å²) in [5, 5.41) is -0.181. The first-order valence-electron chi connectivity index (χ1n) is 7.72. The first-order valence-corrected chi connectivity index (χ1v) is 7.72. The molecule has 126 valence electrons. The van der Waals surface area contributed by atoms with E-state index in [9.17, 15) is 17.6 Å². The number of aromatic amines is 1. The number of rotatable bonds is 4. The van der Waals surface area contributed by atoms with Crippen molar-refractivity contribution in [1.29, 1.82) is 0 Å². The highest BCUT2D eigenvalue weighted by Gasteiger charge is 2.23. The fourth-order valence-electron chi connectivity index (χ4n) is 3.06. The van der Waals surface area contributed by atoms with Gasteiger partial charge in [-0.1, -0.05) is 0 Å². The van der Waals surface area contributed by atoms with Crippen LogP contribution in [0.1, 0.15) is 12.0 Å². The smallest absolute Gasteiger partial charge is 0.199 e. The standard InChI is InChI=1S/C16H19F4N3/c1-22-5-7-23(8-6-22)4-2-3-10-9-21-16-11(10)12(17)13(18)14(19)15(16)20/h9,21H,2-8H2,1H3. The number of hydrogen-bond donors (Lipinski definition) is 1. The van der Waals surface area contributed by atoms with Crippen molar-refractivity contribution >= 4 is 10.9 Å². The second-order valence-corrected chi connectivity index (χ2v) is 6.07. The molecule has 3 rings (SSSR count). The Kier molecular flexibility index (Phi) is 4.59. The molecule has 1 fully saturated rings. The number of nitrogens with one attached hydrogen (secondary N) is 1. The van der Waals surface area contributed by atoms with Crippen molar-refractivity contribution in [1.82, 2.24) is 14.8 Å². The Morgan fingerprint density at radius 1 is 0.957 bits per heavy atom. The maximum Gasteiger partial charge on any atom is 0.199 e. The molecule has 0 unspecified atom stereocenters. The van der Waals surface area contributed by atoms with E-state index in [1.807, 2.05) is 0 Å². The van der Waals surface area contributed by atoms with Crippen LogP contribution in [0.2, 0.25) is 0 Å².